The lowest BCUT2D eigenvalue weighted by Gasteiger charge is -2.26. The Balaban J connectivity index is 1.85. The molecule has 28 heavy (non-hydrogen) atoms. The molecule has 3 rings (SSSR count). The highest BCUT2D eigenvalue weighted by molar-refractivity contribution is 5.55. The summed E-state index contributed by atoms with van der Waals surface area (Å²) in [6.07, 6.45) is 2.48. The number of rotatable bonds is 9. The van der Waals surface area contributed by atoms with Crippen LogP contribution >= 0.6 is 0 Å². The zero-order valence-corrected chi connectivity index (χ0v) is 17.2. The third kappa shape index (κ3) is 4.94. The van der Waals surface area contributed by atoms with Crippen LogP contribution in [-0.2, 0) is 17.8 Å². The summed E-state index contributed by atoms with van der Waals surface area (Å²) < 4.78 is 22.5. The second kappa shape index (κ2) is 9.75. The van der Waals surface area contributed by atoms with Gasteiger partial charge in [0, 0.05) is 37.5 Å². The van der Waals surface area contributed by atoms with Crippen LogP contribution in [0.25, 0.3) is 0 Å². The second-order valence-corrected chi connectivity index (χ2v) is 7.07. The fraction of sp³-hybridized carbons (Fsp3) is 0.500. The minimum absolute atomic E-state index is 0.260. The summed E-state index contributed by atoms with van der Waals surface area (Å²) in [5, 5.41) is 0. The maximum absolute atomic E-state index is 5.88. The third-order valence-electron chi connectivity index (χ3n) is 5.00. The number of aromatic nitrogens is 1. The largest absolute Gasteiger partial charge is 0.493 e. The topological polar surface area (TPSA) is 53.1 Å². The van der Waals surface area contributed by atoms with E-state index < -0.39 is 0 Å². The van der Waals surface area contributed by atoms with Crippen molar-refractivity contribution in [2.75, 3.05) is 34.5 Å². The summed E-state index contributed by atoms with van der Waals surface area (Å²) in [6, 6.07) is 10.1. The molecule has 0 N–H and O–H groups in total. The number of hydrogen-bond acceptors (Lipinski definition) is 6. The van der Waals surface area contributed by atoms with E-state index in [0.29, 0.717) is 23.8 Å². The van der Waals surface area contributed by atoms with Crippen molar-refractivity contribution in [1.29, 1.82) is 0 Å². The van der Waals surface area contributed by atoms with Crippen LogP contribution in [0.15, 0.2) is 30.3 Å². The van der Waals surface area contributed by atoms with Crippen molar-refractivity contribution in [2.45, 2.75) is 39.0 Å². The predicted molar refractivity (Wildman–Crippen MR) is 108 cm³/mol. The summed E-state index contributed by atoms with van der Waals surface area (Å²) in [5.74, 6) is 1.98. The van der Waals surface area contributed by atoms with Crippen LogP contribution in [0.4, 0.5) is 0 Å². The third-order valence-corrected chi connectivity index (χ3v) is 5.00. The molecule has 1 aliphatic rings. The first-order valence-corrected chi connectivity index (χ1v) is 9.69. The molecule has 152 valence electrons. The molecule has 1 fully saturated rings. The molecular formula is C22H30N2O4. The SMILES string of the molecule is COc1ccc(CN(Cc2cccc(C)n2)CC2CCCO2)c(OC)c1OC. The van der Waals surface area contributed by atoms with Gasteiger partial charge in [0.1, 0.15) is 0 Å². The van der Waals surface area contributed by atoms with Gasteiger partial charge < -0.3 is 18.9 Å². The summed E-state index contributed by atoms with van der Waals surface area (Å²) >= 11 is 0. The number of pyridine rings is 1. The van der Waals surface area contributed by atoms with Gasteiger partial charge in [-0.3, -0.25) is 9.88 Å². The Bertz CT molecular complexity index is 775. The maximum Gasteiger partial charge on any atom is 0.203 e. The summed E-state index contributed by atoms with van der Waals surface area (Å²) in [4.78, 5) is 7.04. The lowest BCUT2D eigenvalue weighted by Crippen LogP contribution is -2.32. The molecule has 6 nitrogen and oxygen atoms in total. The molecule has 0 saturated carbocycles. The van der Waals surface area contributed by atoms with E-state index in [4.69, 9.17) is 18.9 Å². The molecule has 0 spiro atoms. The number of benzene rings is 1. The molecule has 0 amide bonds. The molecule has 1 unspecified atom stereocenters. The fourth-order valence-corrected chi connectivity index (χ4v) is 3.71. The van der Waals surface area contributed by atoms with Crippen molar-refractivity contribution in [2.24, 2.45) is 0 Å². The number of methoxy groups -OCH3 is 3. The number of aryl methyl sites for hydroxylation is 1. The van der Waals surface area contributed by atoms with E-state index in [1.54, 1.807) is 21.3 Å². The Labute approximate surface area is 167 Å². The van der Waals surface area contributed by atoms with Gasteiger partial charge in [0.2, 0.25) is 5.75 Å². The molecular weight excluding hydrogens is 356 g/mol. The van der Waals surface area contributed by atoms with Crippen molar-refractivity contribution in [3.8, 4) is 17.2 Å². The Morgan fingerprint density at radius 3 is 2.50 bits per heavy atom. The molecule has 1 aromatic heterocycles. The lowest BCUT2D eigenvalue weighted by atomic mass is 10.1. The highest BCUT2D eigenvalue weighted by Gasteiger charge is 2.23. The van der Waals surface area contributed by atoms with Crippen LogP contribution in [0, 0.1) is 6.92 Å². The van der Waals surface area contributed by atoms with Crippen LogP contribution < -0.4 is 14.2 Å². The van der Waals surface area contributed by atoms with Crippen LogP contribution in [-0.4, -0.2) is 50.5 Å². The molecule has 0 radical (unpaired) electrons. The van der Waals surface area contributed by atoms with E-state index in [1.165, 1.54) is 0 Å². The van der Waals surface area contributed by atoms with E-state index >= 15 is 0 Å². The van der Waals surface area contributed by atoms with Gasteiger partial charge in [-0.05, 0) is 38.0 Å². The van der Waals surface area contributed by atoms with E-state index in [-0.39, 0.29) is 6.10 Å². The van der Waals surface area contributed by atoms with Gasteiger partial charge in [0.15, 0.2) is 11.5 Å². The Kier molecular flexibility index (Phi) is 7.12. The van der Waals surface area contributed by atoms with Crippen molar-refractivity contribution >= 4 is 0 Å². The lowest BCUT2D eigenvalue weighted by molar-refractivity contribution is 0.0671. The average molecular weight is 386 g/mol. The van der Waals surface area contributed by atoms with Gasteiger partial charge in [-0.15, -0.1) is 0 Å². The van der Waals surface area contributed by atoms with Gasteiger partial charge in [-0.2, -0.15) is 0 Å². The van der Waals surface area contributed by atoms with Crippen molar-refractivity contribution < 1.29 is 18.9 Å². The molecule has 6 heteroatoms. The molecule has 2 heterocycles. The monoisotopic (exact) mass is 386 g/mol. The fourth-order valence-electron chi connectivity index (χ4n) is 3.71. The molecule has 1 saturated heterocycles. The standard InChI is InChI=1S/C22H30N2O4/c1-16-7-5-8-18(23-16)14-24(15-19-9-6-12-28-19)13-17-10-11-20(25-2)22(27-4)21(17)26-3/h5,7-8,10-11,19H,6,9,12-15H2,1-4H3. The van der Waals surface area contributed by atoms with Crippen LogP contribution in [0.3, 0.4) is 0 Å². The zero-order valence-electron chi connectivity index (χ0n) is 17.2. The van der Waals surface area contributed by atoms with E-state index in [2.05, 4.69) is 22.0 Å². The molecule has 2 aromatic rings. The van der Waals surface area contributed by atoms with Crippen molar-refractivity contribution in [3.63, 3.8) is 0 Å². The van der Waals surface area contributed by atoms with E-state index in [9.17, 15) is 0 Å². The van der Waals surface area contributed by atoms with Gasteiger partial charge >= 0.3 is 0 Å². The Morgan fingerprint density at radius 2 is 1.86 bits per heavy atom. The quantitative estimate of drug-likeness (QED) is 0.656. The summed E-state index contributed by atoms with van der Waals surface area (Å²) in [5.41, 5.74) is 3.13. The Hall–Kier alpha value is -2.31. The predicted octanol–water partition coefficient (Wildman–Crippen LogP) is 3.60. The van der Waals surface area contributed by atoms with Crippen molar-refractivity contribution in [3.05, 3.63) is 47.3 Å². The number of hydrogen-bond donors (Lipinski definition) is 0. The van der Waals surface area contributed by atoms with Gasteiger partial charge in [0.05, 0.1) is 33.1 Å². The van der Waals surface area contributed by atoms with Gasteiger partial charge in [0.25, 0.3) is 0 Å². The Morgan fingerprint density at radius 1 is 1.04 bits per heavy atom. The first-order chi connectivity index (χ1) is 13.6. The van der Waals surface area contributed by atoms with Crippen molar-refractivity contribution in [1.82, 2.24) is 9.88 Å². The normalized spacial score (nSPS) is 16.4. The van der Waals surface area contributed by atoms with E-state index in [1.807, 2.05) is 25.1 Å². The number of nitrogens with zero attached hydrogens (tertiary/aromatic N) is 2. The highest BCUT2D eigenvalue weighted by atomic mass is 16.5. The van der Waals surface area contributed by atoms with Gasteiger partial charge in [-0.1, -0.05) is 12.1 Å². The molecule has 0 aliphatic carbocycles. The molecule has 1 aliphatic heterocycles. The minimum Gasteiger partial charge on any atom is -0.493 e. The maximum atomic E-state index is 5.88. The second-order valence-electron chi connectivity index (χ2n) is 7.07. The first kappa shape index (κ1) is 20.4. The number of ether oxygens (including phenoxy) is 4. The average Bonchev–Trinajstić information content (AvgIpc) is 3.20. The summed E-state index contributed by atoms with van der Waals surface area (Å²) in [7, 11) is 4.92. The molecule has 1 atom stereocenters. The van der Waals surface area contributed by atoms with Crippen LogP contribution in [0.2, 0.25) is 0 Å². The minimum atomic E-state index is 0.260. The van der Waals surface area contributed by atoms with E-state index in [0.717, 1.165) is 49.5 Å². The van der Waals surface area contributed by atoms with Gasteiger partial charge in [-0.25, -0.2) is 0 Å². The van der Waals surface area contributed by atoms with Crippen LogP contribution in [0.1, 0.15) is 29.8 Å². The zero-order chi connectivity index (χ0) is 19.9. The highest BCUT2D eigenvalue weighted by Crippen LogP contribution is 2.40. The molecule has 1 aromatic carbocycles. The van der Waals surface area contributed by atoms with Crippen LogP contribution in [0.5, 0.6) is 17.2 Å². The molecule has 0 bridgehead atoms. The smallest absolute Gasteiger partial charge is 0.203 e. The first-order valence-electron chi connectivity index (χ1n) is 9.69. The summed E-state index contributed by atoms with van der Waals surface area (Å²) in [6.45, 7) is 5.18.